The Balaban J connectivity index is 1.51. The lowest BCUT2D eigenvalue weighted by atomic mass is 10.3. The number of aromatic nitrogens is 4. The van der Waals surface area contributed by atoms with E-state index in [0.717, 1.165) is 32.3 Å². The lowest BCUT2D eigenvalue weighted by Crippen LogP contribution is -2.28. The molecule has 6 nitrogen and oxygen atoms in total. The second-order valence-electron chi connectivity index (χ2n) is 5.21. The van der Waals surface area contributed by atoms with Crippen molar-refractivity contribution in [1.82, 2.24) is 25.1 Å². The lowest BCUT2D eigenvalue weighted by molar-refractivity contribution is -0.120. The van der Waals surface area contributed by atoms with Crippen molar-refractivity contribution in [3.63, 3.8) is 0 Å². The van der Waals surface area contributed by atoms with Crippen LogP contribution >= 0.6 is 46.5 Å². The zero-order chi connectivity index (χ0) is 17.8. The van der Waals surface area contributed by atoms with E-state index < -0.39 is 0 Å². The van der Waals surface area contributed by atoms with Crippen molar-refractivity contribution in [3.8, 4) is 9.88 Å². The van der Waals surface area contributed by atoms with Crippen LogP contribution in [0.25, 0.3) is 9.88 Å². The second kappa shape index (κ2) is 8.22. The van der Waals surface area contributed by atoms with Crippen LogP contribution in [0.5, 0.6) is 0 Å². The number of nitrogens with one attached hydrogen (secondary N) is 2. The first-order valence-electron chi connectivity index (χ1n) is 7.67. The SMILES string of the molecule is CCn1c(CCNC(=O)Cc2csc(-c3ccc(Cl)s3)n2)n[nH]c1=S. The maximum absolute atomic E-state index is 12.1. The molecule has 3 rings (SSSR count). The topological polar surface area (TPSA) is 75.6 Å². The predicted octanol–water partition coefficient (Wildman–Crippen LogP) is 3.70. The van der Waals surface area contributed by atoms with E-state index in [1.54, 1.807) is 0 Å². The zero-order valence-corrected chi connectivity index (χ0v) is 16.6. The molecule has 3 aromatic rings. The van der Waals surface area contributed by atoms with Crippen molar-refractivity contribution < 1.29 is 4.79 Å². The summed E-state index contributed by atoms with van der Waals surface area (Å²) in [5.41, 5.74) is 0.762. The van der Waals surface area contributed by atoms with Crippen LogP contribution in [0.4, 0.5) is 0 Å². The predicted molar refractivity (Wildman–Crippen MR) is 104 cm³/mol. The number of thiazole rings is 1. The average molecular weight is 414 g/mol. The molecule has 10 heteroatoms. The molecular formula is C15H16ClN5OS3. The third-order valence-corrected chi connectivity index (χ3v) is 6.10. The highest BCUT2D eigenvalue weighted by molar-refractivity contribution is 7.71. The summed E-state index contributed by atoms with van der Waals surface area (Å²) >= 11 is 14.1. The quantitative estimate of drug-likeness (QED) is 0.579. The number of H-pyrrole nitrogens is 1. The number of aromatic amines is 1. The number of nitrogens with zero attached hydrogens (tertiary/aromatic N) is 3. The molecule has 0 saturated heterocycles. The van der Waals surface area contributed by atoms with Gasteiger partial charge in [0.2, 0.25) is 5.91 Å². The van der Waals surface area contributed by atoms with Gasteiger partial charge in [0, 0.05) is 24.9 Å². The molecule has 0 atom stereocenters. The molecule has 0 unspecified atom stereocenters. The van der Waals surface area contributed by atoms with Crippen LogP contribution in [0.1, 0.15) is 18.4 Å². The number of carbonyl (C=O) groups is 1. The molecule has 3 heterocycles. The monoisotopic (exact) mass is 413 g/mol. The van der Waals surface area contributed by atoms with Crippen molar-refractivity contribution in [2.24, 2.45) is 0 Å². The van der Waals surface area contributed by atoms with Crippen LogP contribution in [0.15, 0.2) is 17.5 Å². The Labute approximate surface area is 162 Å². The fourth-order valence-corrected chi connectivity index (χ4v) is 4.55. The van der Waals surface area contributed by atoms with E-state index in [-0.39, 0.29) is 12.3 Å². The van der Waals surface area contributed by atoms with Gasteiger partial charge in [0.05, 0.1) is 21.3 Å². The van der Waals surface area contributed by atoms with Gasteiger partial charge in [0.15, 0.2) is 4.77 Å². The van der Waals surface area contributed by atoms with Gasteiger partial charge in [-0.1, -0.05) is 11.6 Å². The van der Waals surface area contributed by atoms with E-state index in [1.807, 2.05) is 29.0 Å². The summed E-state index contributed by atoms with van der Waals surface area (Å²) < 4.78 is 3.25. The molecule has 0 aromatic carbocycles. The van der Waals surface area contributed by atoms with Crippen molar-refractivity contribution in [2.75, 3.05) is 6.54 Å². The van der Waals surface area contributed by atoms with Crippen LogP contribution in [0.2, 0.25) is 4.34 Å². The van der Waals surface area contributed by atoms with Crippen molar-refractivity contribution >= 4 is 52.4 Å². The van der Waals surface area contributed by atoms with Crippen LogP contribution in [-0.2, 0) is 24.2 Å². The summed E-state index contributed by atoms with van der Waals surface area (Å²) in [5, 5.41) is 12.6. The minimum absolute atomic E-state index is 0.0572. The maximum Gasteiger partial charge on any atom is 0.226 e. The van der Waals surface area contributed by atoms with Gasteiger partial charge in [-0.15, -0.1) is 22.7 Å². The number of halogens is 1. The van der Waals surface area contributed by atoms with Gasteiger partial charge >= 0.3 is 0 Å². The Morgan fingerprint density at radius 1 is 1.48 bits per heavy atom. The van der Waals surface area contributed by atoms with Crippen LogP contribution in [0, 0.1) is 4.77 Å². The zero-order valence-electron chi connectivity index (χ0n) is 13.4. The van der Waals surface area contributed by atoms with E-state index in [9.17, 15) is 4.79 Å². The van der Waals surface area contributed by atoms with E-state index in [2.05, 4.69) is 20.5 Å². The smallest absolute Gasteiger partial charge is 0.226 e. The molecule has 2 N–H and O–H groups in total. The van der Waals surface area contributed by atoms with Gasteiger partial charge < -0.3 is 9.88 Å². The van der Waals surface area contributed by atoms with Crippen LogP contribution < -0.4 is 5.32 Å². The van der Waals surface area contributed by atoms with E-state index in [1.165, 1.54) is 22.7 Å². The largest absolute Gasteiger partial charge is 0.355 e. The number of thiophene rings is 1. The fraction of sp³-hybridized carbons (Fsp3) is 0.333. The number of hydrogen-bond donors (Lipinski definition) is 2. The summed E-state index contributed by atoms with van der Waals surface area (Å²) in [6.07, 6.45) is 0.888. The summed E-state index contributed by atoms with van der Waals surface area (Å²) in [4.78, 5) is 17.6. The molecule has 0 saturated carbocycles. The molecule has 1 amide bonds. The summed E-state index contributed by atoms with van der Waals surface area (Å²) in [7, 11) is 0. The molecule has 132 valence electrons. The number of hydrogen-bond acceptors (Lipinski definition) is 6. The Bertz CT molecular complexity index is 926. The number of rotatable bonds is 7. The van der Waals surface area contributed by atoms with Gasteiger partial charge in [-0.2, -0.15) is 5.10 Å². The first-order valence-corrected chi connectivity index (χ1v) is 10.2. The molecule has 0 aliphatic carbocycles. The minimum atomic E-state index is -0.0572. The van der Waals surface area contributed by atoms with Gasteiger partial charge in [0.1, 0.15) is 10.8 Å². The standard InChI is InChI=1S/C15H16ClN5OS3/c1-2-21-12(19-20-15(21)23)5-6-17-13(22)7-9-8-24-14(18-9)10-3-4-11(16)25-10/h3-4,8H,2,5-7H2,1H3,(H,17,22)(H,20,23). The highest BCUT2D eigenvalue weighted by Gasteiger charge is 2.11. The fourth-order valence-electron chi connectivity index (χ4n) is 2.34. The van der Waals surface area contributed by atoms with Gasteiger partial charge in [-0.3, -0.25) is 9.89 Å². The summed E-state index contributed by atoms with van der Waals surface area (Å²) in [6.45, 7) is 3.27. The van der Waals surface area contributed by atoms with Crippen molar-refractivity contribution in [3.05, 3.63) is 38.1 Å². The minimum Gasteiger partial charge on any atom is -0.355 e. The molecule has 0 aliphatic rings. The van der Waals surface area contributed by atoms with Crippen LogP contribution in [-0.4, -0.2) is 32.2 Å². The third-order valence-electron chi connectivity index (χ3n) is 3.50. The molecule has 0 spiro atoms. The Hall–Kier alpha value is -1.55. The Kier molecular flexibility index (Phi) is 6.00. The van der Waals surface area contributed by atoms with E-state index in [4.69, 9.17) is 23.8 Å². The first-order chi connectivity index (χ1) is 12.1. The molecule has 3 aromatic heterocycles. The Morgan fingerprint density at radius 2 is 2.32 bits per heavy atom. The maximum atomic E-state index is 12.1. The average Bonchev–Trinajstić information content (AvgIpc) is 3.28. The van der Waals surface area contributed by atoms with Crippen LogP contribution in [0.3, 0.4) is 0 Å². The Morgan fingerprint density at radius 3 is 3.04 bits per heavy atom. The van der Waals surface area contributed by atoms with E-state index in [0.29, 0.717) is 17.7 Å². The lowest BCUT2D eigenvalue weighted by Gasteiger charge is -2.05. The van der Waals surface area contributed by atoms with Gasteiger partial charge in [-0.25, -0.2) is 4.98 Å². The molecule has 0 radical (unpaired) electrons. The highest BCUT2D eigenvalue weighted by Crippen LogP contribution is 2.32. The normalized spacial score (nSPS) is 11.0. The van der Waals surface area contributed by atoms with Gasteiger partial charge in [0.25, 0.3) is 0 Å². The second-order valence-corrected chi connectivity index (χ2v) is 8.17. The summed E-state index contributed by atoms with van der Waals surface area (Å²) in [5.74, 6) is 0.788. The van der Waals surface area contributed by atoms with Gasteiger partial charge in [-0.05, 0) is 31.3 Å². The summed E-state index contributed by atoms with van der Waals surface area (Å²) in [6, 6.07) is 3.79. The third kappa shape index (κ3) is 4.55. The molecule has 0 fully saturated rings. The molecular weight excluding hydrogens is 398 g/mol. The number of carbonyl (C=O) groups excluding carboxylic acids is 1. The molecule has 0 bridgehead atoms. The van der Waals surface area contributed by atoms with Crippen molar-refractivity contribution in [2.45, 2.75) is 26.3 Å². The van der Waals surface area contributed by atoms with Crippen molar-refractivity contribution in [1.29, 1.82) is 0 Å². The first kappa shape index (κ1) is 18.2. The molecule has 25 heavy (non-hydrogen) atoms. The number of amides is 1. The highest BCUT2D eigenvalue weighted by atomic mass is 35.5. The molecule has 0 aliphatic heterocycles. The van der Waals surface area contributed by atoms with E-state index >= 15 is 0 Å².